The first kappa shape index (κ1) is 25.2. The highest BCUT2D eigenvalue weighted by Gasteiger charge is 2.14. The maximum absolute atomic E-state index is 13.7. The van der Waals surface area contributed by atoms with Crippen LogP contribution in [0, 0.1) is 19.7 Å². The van der Waals surface area contributed by atoms with Gasteiger partial charge < -0.3 is 15.4 Å². The number of aromatic nitrogens is 2. The van der Waals surface area contributed by atoms with Crippen molar-refractivity contribution in [1.82, 2.24) is 20.4 Å². The number of guanidine groups is 1. The van der Waals surface area contributed by atoms with E-state index in [1.54, 1.807) is 18.2 Å². The Balaban J connectivity index is 0.00000420. The van der Waals surface area contributed by atoms with Crippen molar-refractivity contribution in [3.63, 3.8) is 0 Å². The topological polar surface area (TPSA) is 63.5 Å². The lowest BCUT2D eigenvalue weighted by molar-refractivity contribution is 0.220. The van der Waals surface area contributed by atoms with E-state index in [1.165, 1.54) is 17.3 Å². The summed E-state index contributed by atoms with van der Waals surface area (Å²) < 4.78 is 21.3. The molecule has 6 nitrogen and oxygen atoms in total. The van der Waals surface area contributed by atoms with Crippen molar-refractivity contribution < 1.29 is 9.13 Å². The minimum atomic E-state index is -0.362. The third-order valence-electron chi connectivity index (χ3n) is 4.57. The van der Waals surface area contributed by atoms with Crippen molar-refractivity contribution in [3.05, 3.63) is 47.0 Å². The molecule has 0 aliphatic heterocycles. The molecule has 1 heterocycles. The second-order valence-electron chi connectivity index (χ2n) is 7.10. The van der Waals surface area contributed by atoms with Crippen LogP contribution in [-0.4, -0.2) is 41.0 Å². The molecule has 0 saturated carbocycles. The molecule has 0 fully saturated rings. The molecule has 2 unspecified atom stereocenters. The fourth-order valence-electron chi connectivity index (χ4n) is 3.04. The Kier molecular flexibility index (Phi) is 10.4. The van der Waals surface area contributed by atoms with Gasteiger partial charge in [-0.1, -0.05) is 12.1 Å². The van der Waals surface area contributed by atoms with Gasteiger partial charge in [-0.05, 0) is 58.7 Å². The number of ether oxygens (including phenoxy) is 1. The number of rotatable bonds is 8. The van der Waals surface area contributed by atoms with Crippen molar-refractivity contribution in [3.8, 4) is 5.75 Å². The molecule has 0 radical (unpaired) electrons. The zero-order chi connectivity index (χ0) is 20.7. The first-order valence-electron chi connectivity index (χ1n) is 9.76. The second kappa shape index (κ2) is 12.0. The highest BCUT2D eigenvalue weighted by atomic mass is 127. The molecule has 0 aliphatic carbocycles. The molecule has 0 amide bonds. The fraction of sp³-hybridized carbons (Fsp3) is 0.524. The zero-order valence-electron chi connectivity index (χ0n) is 18.1. The van der Waals surface area contributed by atoms with Gasteiger partial charge in [0.25, 0.3) is 0 Å². The van der Waals surface area contributed by atoms with Crippen molar-refractivity contribution in [2.45, 2.75) is 53.2 Å². The Morgan fingerprint density at radius 1 is 1.28 bits per heavy atom. The first-order chi connectivity index (χ1) is 13.3. The van der Waals surface area contributed by atoms with E-state index in [9.17, 15) is 4.39 Å². The summed E-state index contributed by atoms with van der Waals surface area (Å²) in [5, 5.41) is 11.2. The van der Waals surface area contributed by atoms with Crippen molar-refractivity contribution in [2.24, 2.45) is 12.0 Å². The van der Waals surface area contributed by atoms with Gasteiger partial charge in [-0.25, -0.2) is 9.38 Å². The Morgan fingerprint density at radius 2 is 1.97 bits per heavy atom. The third kappa shape index (κ3) is 7.49. The zero-order valence-corrected chi connectivity index (χ0v) is 20.5. The van der Waals surface area contributed by atoms with Crippen LogP contribution in [0.1, 0.15) is 37.7 Å². The molecule has 8 heteroatoms. The van der Waals surface area contributed by atoms with E-state index in [-0.39, 0.29) is 47.7 Å². The van der Waals surface area contributed by atoms with Crippen molar-refractivity contribution >= 4 is 29.9 Å². The molecule has 162 valence electrons. The summed E-state index contributed by atoms with van der Waals surface area (Å²) >= 11 is 0. The van der Waals surface area contributed by atoms with E-state index in [0.717, 1.165) is 24.6 Å². The van der Waals surface area contributed by atoms with Crippen LogP contribution in [0.4, 0.5) is 4.39 Å². The number of benzene rings is 1. The minimum absolute atomic E-state index is 0. The maximum atomic E-state index is 13.7. The molecule has 0 bridgehead atoms. The number of para-hydroxylation sites is 1. The average molecular weight is 517 g/mol. The van der Waals surface area contributed by atoms with E-state index in [1.807, 2.05) is 32.5 Å². The van der Waals surface area contributed by atoms with E-state index < -0.39 is 0 Å². The number of nitrogens with zero attached hydrogens (tertiary/aromatic N) is 3. The standard InChI is InChI=1S/C21H32FN5O.HI/c1-7-23-21(24-13-15(3)28-20-11-9-8-10-19(20)22)25-14(2)12-18-16(4)26-27(6)17(18)5;/h8-11,14-15H,7,12-13H2,1-6H3,(H2,23,24,25);1H. The van der Waals surface area contributed by atoms with Gasteiger partial charge in [0.05, 0.1) is 12.2 Å². The molecule has 2 atom stereocenters. The van der Waals surface area contributed by atoms with E-state index in [2.05, 4.69) is 34.6 Å². The summed E-state index contributed by atoms with van der Waals surface area (Å²) in [4.78, 5) is 4.60. The molecule has 0 aliphatic rings. The minimum Gasteiger partial charge on any atom is -0.486 e. The molecule has 0 saturated heterocycles. The van der Waals surface area contributed by atoms with E-state index >= 15 is 0 Å². The van der Waals surface area contributed by atoms with Crippen LogP contribution in [0.3, 0.4) is 0 Å². The predicted molar refractivity (Wildman–Crippen MR) is 127 cm³/mol. The number of aliphatic imine (C=N–C) groups is 1. The van der Waals surface area contributed by atoms with Crippen LogP contribution in [0.25, 0.3) is 0 Å². The largest absolute Gasteiger partial charge is 0.486 e. The van der Waals surface area contributed by atoms with Crippen molar-refractivity contribution in [1.29, 1.82) is 0 Å². The number of nitrogens with one attached hydrogen (secondary N) is 2. The van der Waals surface area contributed by atoms with Gasteiger partial charge >= 0.3 is 0 Å². The molecule has 2 rings (SSSR count). The summed E-state index contributed by atoms with van der Waals surface area (Å²) in [6, 6.07) is 6.60. The van der Waals surface area contributed by atoms with Crippen LogP contribution in [0.2, 0.25) is 0 Å². The molecule has 2 N–H and O–H groups in total. The molecule has 29 heavy (non-hydrogen) atoms. The van der Waals surface area contributed by atoms with Gasteiger partial charge in [-0.2, -0.15) is 5.10 Å². The summed E-state index contributed by atoms with van der Waals surface area (Å²) in [5.41, 5.74) is 3.50. The highest BCUT2D eigenvalue weighted by molar-refractivity contribution is 14.0. The van der Waals surface area contributed by atoms with E-state index in [4.69, 9.17) is 4.74 Å². The number of hydrogen-bond donors (Lipinski definition) is 2. The van der Waals surface area contributed by atoms with Crippen LogP contribution in [0.5, 0.6) is 5.75 Å². The number of aryl methyl sites for hydroxylation is 2. The van der Waals surface area contributed by atoms with Gasteiger partial charge in [0.2, 0.25) is 0 Å². The van der Waals surface area contributed by atoms with E-state index in [0.29, 0.717) is 6.54 Å². The first-order valence-corrected chi connectivity index (χ1v) is 9.76. The van der Waals surface area contributed by atoms with Crippen LogP contribution in [0.15, 0.2) is 29.3 Å². The monoisotopic (exact) mass is 517 g/mol. The molecule has 0 spiro atoms. The van der Waals surface area contributed by atoms with Crippen molar-refractivity contribution in [2.75, 3.05) is 13.1 Å². The lowest BCUT2D eigenvalue weighted by Crippen LogP contribution is -2.43. The lowest BCUT2D eigenvalue weighted by atomic mass is 10.1. The smallest absolute Gasteiger partial charge is 0.191 e. The summed E-state index contributed by atoms with van der Waals surface area (Å²) in [7, 11) is 1.96. The van der Waals surface area contributed by atoms with Gasteiger partial charge in [-0.15, -0.1) is 24.0 Å². The lowest BCUT2D eigenvalue weighted by Gasteiger charge is -2.19. The van der Waals surface area contributed by atoms with Gasteiger partial charge in [0, 0.05) is 25.3 Å². The SMILES string of the molecule is CCNC(=NCC(C)Oc1ccccc1F)NC(C)Cc1c(C)nn(C)c1C.I. The maximum Gasteiger partial charge on any atom is 0.191 e. The van der Waals surface area contributed by atoms with Gasteiger partial charge in [-0.3, -0.25) is 4.68 Å². The van der Waals surface area contributed by atoms with Gasteiger partial charge in [0.15, 0.2) is 17.5 Å². The normalized spacial score (nSPS) is 13.4. The van der Waals surface area contributed by atoms with Crippen LogP contribution >= 0.6 is 24.0 Å². The molecular formula is C21H33FIN5O. The Morgan fingerprint density at radius 3 is 2.55 bits per heavy atom. The highest BCUT2D eigenvalue weighted by Crippen LogP contribution is 2.17. The predicted octanol–water partition coefficient (Wildman–Crippen LogP) is 3.75. The summed E-state index contributed by atoms with van der Waals surface area (Å²) in [6.45, 7) is 11.3. The van der Waals surface area contributed by atoms with Gasteiger partial charge in [0.1, 0.15) is 6.10 Å². The number of hydrogen-bond acceptors (Lipinski definition) is 3. The molecule has 1 aromatic carbocycles. The Hall–Kier alpha value is -1.84. The fourth-order valence-corrected chi connectivity index (χ4v) is 3.04. The quantitative estimate of drug-likeness (QED) is 0.318. The Bertz CT molecular complexity index is 808. The summed E-state index contributed by atoms with van der Waals surface area (Å²) in [6.07, 6.45) is 0.613. The average Bonchev–Trinajstić information content (AvgIpc) is 2.88. The Labute approximate surface area is 190 Å². The molecule has 1 aromatic heterocycles. The number of halogens is 2. The third-order valence-corrected chi connectivity index (χ3v) is 4.57. The molecular weight excluding hydrogens is 484 g/mol. The van der Waals surface area contributed by atoms with Crippen LogP contribution in [-0.2, 0) is 13.5 Å². The summed E-state index contributed by atoms with van der Waals surface area (Å²) in [5.74, 6) is 0.608. The molecule has 2 aromatic rings. The van der Waals surface area contributed by atoms with Crippen LogP contribution < -0.4 is 15.4 Å². The second-order valence-corrected chi connectivity index (χ2v) is 7.10.